The van der Waals surface area contributed by atoms with Gasteiger partial charge in [0.2, 0.25) is 0 Å². The van der Waals surface area contributed by atoms with E-state index in [1.165, 1.54) is 4.90 Å². The van der Waals surface area contributed by atoms with Gasteiger partial charge in [-0.1, -0.05) is 6.42 Å². The molecule has 0 N–H and O–H groups in total. The van der Waals surface area contributed by atoms with Crippen molar-refractivity contribution in [2.75, 3.05) is 12.8 Å². The number of rotatable bonds is 2. The normalized spacial score (nSPS) is 30.4. The molecule has 1 amide bonds. The zero-order valence-corrected chi connectivity index (χ0v) is 13.3. The lowest BCUT2D eigenvalue weighted by Crippen LogP contribution is -2.43. The highest BCUT2D eigenvalue weighted by Crippen LogP contribution is 2.43. The minimum absolute atomic E-state index is 0.0947. The summed E-state index contributed by atoms with van der Waals surface area (Å²) < 4.78 is 33.4. The second-order valence-electron chi connectivity index (χ2n) is 6.68. The maximum atomic E-state index is 12.2. The van der Waals surface area contributed by atoms with E-state index in [4.69, 9.17) is 8.92 Å². The molecule has 2 aliphatic rings. The quantitative estimate of drug-likeness (QED) is 0.729. The molecule has 3 atom stereocenters. The van der Waals surface area contributed by atoms with Crippen LogP contribution in [0, 0.1) is 11.8 Å². The number of hydrogen-bond acceptors (Lipinski definition) is 5. The Morgan fingerprint density at radius 1 is 1.25 bits per heavy atom. The van der Waals surface area contributed by atoms with Crippen molar-refractivity contribution >= 4 is 16.2 Å². The molecule has 116 valence electrons. The molecule has 0 radical (unpaired) electrons. The fourth-order valence-corrected chi connectivity index (χ4v) is 3.66. The number of carbonyl (C=O) groups excluding carboxylic acids is 1. The molecule has 1 saturated heterocycles. The molecule has 1 saturated carbocycles. The molecule has 0 bridgehead atoms. The fourth-order valence-electron chi connectivity index (χ4n) is 3.06. The molecule has 0 aromatic rings. The lowest BCUT2D eigenvalue weighted by atomic mass is 10.00. The molecule has 1 aliphatic heterocycles. The Kier molecular flexibility index (Phi) is 4.03. The van der Waals surface area contributed by atoms with Crippen molar-refractivity contribution in [2.45, 2.75) is 51.9 Å². The van der Waals surface area contributed by atoms with E-state index in [0.717, 1.165) is 25.5 Å². The maximum Gasteiger partial charge on any atom is 0.412 e. The highest BCUT2D eigenvalue weighted by molar-refractivity contribution is 7.86. The smallest absolute Gasteiger partial charge is 0.412 e. The molecule has 7 heteroatoms. The Bertz CT molecular complexity index is 481. The molecule has 0 spiro atoms. The zero-order valence-electron chi connectivity index (χ0n) is 12.5. The van der Waals surface area contributed by atoms with Crippen LogP contribution in [0.25, 0.3) is 0 Å². The summed E-state index contributed by atoms with van der Waals surface area (Å²) >= 11 is 0. The summed E-state index contributed by atoms with van der Waals surface area (Å²) in [6, 6.07) is 0. The van der Waals surface area contributed by atoms with Gasteiger partial charge in [0.05, 0.1) is 6.26 Å². The van der Waals surface area contributed by atoms with Crippen LogP contribution in [0.2, 0.25) is 0 Å². The molecular formula is C13H23NO5S. The standard InChI is InChI=1S/C13H23NO5S/c1-13(2,3)18-12(15)14-8-9-6-5-7-10(9)11(14)19-20(4,16)17/h9-11H,5-8H2,1-4H3/t9-,10-,11?/m0/s1. The number of ether oxygens (including phenoxy) is 1. The molecule has 0 aromatic heterocycles. The first-order valence-electron chi connectivity index (χ1n) is 6.95. The van der Waals surface area contributed by atoms with Gasteiger partial charge in [-0.15, -0.1) is 0 Å². The molecule has 2 fully saturated rings. The Morgan fingerprint density at radius 2 is 1.90 bits per heavy atom. The number of hydrogen-bond donors (Lipinski definition) is 0. The molecule has 6 nitrogen and oxygen atoms in total. The summed E-state index contributed by atoms with van der Waals surface area (Å²) in [6.07, 6.45) is 2.76. The van der Waals surface area contributed by atoms with Gasteiger partial charge in [-0.25, -0.2) is 8.98 Å². The maximum absolute atomic E-state index is 12.2. The number of fused-ring (bicyclic) bond motifs is 1. The molecule has 20 heavy (non-hydrogen) atoms. The van der Waals surface area contributed by atoms with Crippen LogP contribution in [0.4, 0.5) is 4.79 Å². The van der Waals surface area contributed by atoms with Crippen molar-refractivity contribution < 1.29 is 22.1 Å². The van der Waals surface area contributed by atoms with Gasteiger partial charge in [-0.3, -0.25) is 4.90 Å². The van der Waals surface area contributed by atoms with Gasteiger partial charge in [0.15, 0.2) is 6.23 Å². The van der Waals surface area contributed by atoms with E-state index in [2.05, 4.69) is 0 Å². The van der Waals surface area contributed by atoms with Gasteiger partial charge in [-0.05, 0) is 39.5 Å². The molecule has 0 aromatic carbocycles. The first kappa shape index (κ1) is 15.6. The minimum Gasteiger partial charge on any atom is -0.444 e. The van der Waals surface area contributed by atoms with Crippen LogP contribution < -0.4 is 0 Å². The van der Waals surface area contributed by atoms with E-state index in [1.54, 1.807) is 20.8 Å². The number of nitrogens with zero attached hydrogens (tertiary/aromatic N) is 1. The van der Waals surface area contributed by atoms with E-state index in [9.17, 15) is 13.2 Å². The van der Waals surface area contributed by atoms with Crippen molar-refractivity contribution in [3.63, 3.8) is 0 Å². The van der Waals surface area contributed by atoms with Crippen LogP contribution >= 0.6 is 0 Å². The van der Waals surface area contributed by atoms with Crippen molar-refractivity contribution in [3.05, 3.63) is 0 Å². The summed E-state index contributed by atoms with van der Waals surface area (Å²) in [5.74, 6) is 0.409. The van der Waals surface area contributed by atoms with E-state index >= 15 is 0 Å². The van der Waals surface area contributed by atoms with Gasteiger partial charge in [0.25, 0.3) is 10.1 Å². The molecule has 1 unspecified atom stereocenters. The lowest BCUT2D eigenvalue weighted by Gasteiger charge is -2.29. The third kappa shape index (κ3) is 3.63. The topological polar surface area (TPSA) is 72.9 Å². The van der Waals surface area contributed by atoms with Crippen LogP contribution in [0.15, 0.2) is 0 Å². The average molecular weight is 305 g/mol. The predicted molar refractivity (Wildman–Crippen MR) is 73.5 cm³/mol. The van der Waals surface area contributed by atoms with Crippen molar-refractivity contribution in [2.24, 2.45) is 11.8 Å². The highest BCUT2D eigenvalue weighted by Gasteiger charge is 2.49. The summed E-state index contributed by atoms with van der Waals surface area (Å²) in [7, 11) is -3.61. The van der Waals surface area contributed by atoms with Gasteiger partial charge >= 0.3 is 6.09 Å². The molecular weight excluding hydrogens is 282 g/mol. The van der Waals surface area contributed by atoms with E-state index in [0.29, 0.717) is 12.5 Å². The van der Waals surface area contributed by atoms with Crippen LogP contribution in [0.3, 0.4) is 0 Å². The summed E-state index contributed by atoms with van der Waals surface area (Å²) in [6.45, 7) is 5.87. The highest BCUT2D eigenvalue weighted by atomic mass is 32.2. The van der Waals surface area contributed by atoms with Crippen molar-refractivity contribution in [1.29, 1.82) is 0 Å². The van der Waals surface area contributed by atoms with Gasteiger partial charge in [-0.2, -0.15) is 8.42 Å². The Morgan fingerprint density at radius 3 is 2.45 bits per heavy atom. The van der Waals surface area contributed by atoms with Crippen molar-refractivity contribution in [3.8, 4) is 0 Å². The largest absolute Gasteiger partial charge is 0.444 e. The van der Waals surface area contributed by atoms with E-state index in [-0.39, 0.29) is 5.92 Å². The first-order valence-corrected chi connectivity index (χ1v) is 8.76. The second kappa shape index (κ2) is 5.18. The molecule has 1 heterocycles. The summed E-state index contributed by atoms with van der Waals surface area (Å²) in [4.78, 5) is 13.6. The van der Waals surface area contributed by atoms with Crippen LogP contribution in [-0.4, -0.2) is 44.0 Å². The van der Waals surface area contributed by atoms with Gasteiger partial charge in [0.1, 0.15) is 5.60 Å². The Labute approximate surface area is 120 Å². The Hall–Kier alpha value is -0.820. The van der Waals surface area contributed by atoms with Gasteiger partial charge in [0, 0.05) is 12.5 Å². The lowest BCUT2D eigenvalue weighted by molar-refractivity contribution is -0.0130. The minimum atomic E-state index is -3.61. The summed E-state index contributed by atoms with van der Waals surface area (Å²) in [5, 5.41) is 0. The average Bonchev–Trinajstić information content (AvgIpc) is 2.76. The molecule has 2 rings (SSSR count). The predicted octanol–water partition coefficient (Wildman–Crippen LogP) is 1.96. The van der Waals surface area contributed by atoms with E-state index < -0.39 is 28.0 Å². The van der Waals surface area contributed by atoms with Crippen LogP contribution in [0.5, 0.6) is 0 Å². The van der Waals surface area contributed by atoms with Crippen LogP contribution in [-0.2, 0) is 19.0 Å². The van der Waals surface area contributed by atoms with Crippen molar-refractivity contribution in [1.82, 2.24) is 4.90 Å². The number of likely N-dealkylation sites (tertiary alicyclic amines) is 1. The fraction of sp³-hybridized carbons (Fsp3) is 0.923. The molecule has 1 aliphatic carbocycles. The SMILES string of the molecule is CC(C)(C)OC(=O)N1C[C@@H]2CCC[C@@H]2C1OS(C)(=O)=O. The summed E-state index contributed by atoms with van der Waals surface area (Å²) in [5.41, 5.74) is -0.607. The van der Waals surface area contributed by atoms with E-state index in [1.807, 2.05) is 0 Å². The van der Waals surface area contributed by atoms with Gasteiger partial charge < -0.3 is 4.74 Å². The number of carbonyl (C=O) groups is 1. The second-order valence-corrected chi connectivity index (χ2v) is 8.28. The third-order valence-corrected chi connectivity index (χ3v) is 4.27. The third-order valence-electron chi connectivity index (χ3n) is 3.72. The Balaban J connectivity index is 2.16. The zero-order chi connectivity index (χ0) is 15.1. The monoisotopic (exact) mass is 305 g/mol. The number of amides is 1. The first-order chi connectivity index (χ1) is 9.07. The van der Waals surface area contributed by atoms with Crippen LogP contribution in [0.1, 0.15) is 40.0 Å².